The van der Waals surface area contributed by atoms with Crippen LogP contribution in [0.1, 0.15) is 39.5 Å². The second-order valence-corrected chi connectivity index (χ2v) is 3.13. The van der Waals surface area contributed by atoms with Crippen molar-refractivity contribution >= 4 is 0 Å². The summed E-state index contributed by atoms with van der Waals surface area (Å²) in [5.74, 6) is 0. The average molecular weight is 127 g/mol. The van der Waals surface area contributed by atoms with E-state index in [0.717, 1.165) is 12.1 Å². The van der Waals surface area contributed by atoms with Crippen LogP contribution in [0.4, 0.5) is 0 Å². The van der Waals surface area contributed by atoms with E-state index in [1.165, 1.54) is 25.7 Å². The van der Waals surface area contributed by atoms with Gasteiger partial charge in [0, 0.05) is 12.1 Å². The molecule has 1 saturated heterocycles. The summed E-state index contributed by atoms with van der Waals surface area (Å²) < 4.78 is 0. The minimum Gasteiger partial charge on any atom is -0.312 e. The Balaban J connectivity index is 2.14. The SMILES string of the molecule is CCC[C@@H]1CC[C@H](C)N1. The molecule has 0 aliphatic carbocycles. The summed E-state index contributed by atoms with van der Waals surface area (Å²) in [6, 6.07) is 1.62. The van der Waals surface area contributed by atoms with Gasteiger partial charge in [-0.2, -0.15) is 0 Å². The van der Waals surface area contributed by atoms with Crippen molar-refractivity contribution < 1.29 is 0 Å². The highest BCUT2D eigenvalue weighted by atomic mass is 15.0. The van der Waals surface area contributed by atoms with E-state index >= 15 is 0 Å². The third kappa shape index (κ3) is 1.98. The van der Waals surface area contributed by atoms with Gasteiger partial charge in [-0.25, -0.2) is 0 Å². The van der Waals surface area contributed by atoms with Crippen LogP contribution in [0.5, 0.6) is 0 Å². The highest BCUT2D eigenvalue weighted by molar-refractivity contribution is 4.79. The first-order valence-corrected chi connectivity index (χ1v) is 4.09. The molecule has 0 radical (unpaired) electrons. The predicted molar refractivity (Wildman–Crippen MR) is 40.5 cm³/mol. The molecule has 0 bridgehead atoms. The summed E-state index contributed by atoms with van der Waals surface area (Å²) >= 11 is 0. The fraction of sp³-hybridized carbons (Fsp3) is 1.00. The summed E-state index contributed by atoms with van der Waals surface area (Å²) in [4.78, 5) is 0. The van der Waals surface area contributed by atoms with Crippen LogP contribution in [-0.4, -0.2) is 12.1 Å². The zero-order valence-corrected chi connectivity index (χ0v) is 6.48. The molecule has 1 fully saturated rings. The minimum atomic E-state index is 0.779. The van der Waals surface area contributed by atoms with Gasteiger partial charge in [-0.05, 0) is 26.2 Å². The molecule has 1 nitrogen and oxygen atoms in total. The molecule has 2 atom stereocenters. The Hall–Kier alpha value is -0.0400. The molecule has 1 heterocycles. The topological polar surface area (TPSA) is 12.0 Å². The largest absolute Gasteiger partial charge is 0.312 e. The van der Waals surface area contributed by atoms with Gasteiger partial charge in [0.2, 0.25) is 0 Å². The molecule has 9 heavy (non-hydrogen) atoms. The summed E-state index contributed by atoms with van der Waals surface area (Å²) in [6.07, 6.45) is 5.47. The summed E-state index contributed by atoms with van der Waals surface area (Å²) in [6.45, 7) is 4.53. The Bertz CT molecular complexity index is 78.6. The van der Waals surface area contributed by atoms with Gasteiger partial charge in [-0.1, -0.05) is 13.3 Å². The molecule has 0 saturated carbocycles. The summed E-state index contributed by atoms with van der Waals surface area (Å²) in [5, 5.41) is 3.55. The van der Waals surface area contributed by atoms with Crippen molar-refractivity contribution in [2.24, 2.45) is 0 Å². The number of nitrogens with one attached hydrogen (secondary N) is 1. The van der Waals surface area contributed by atoms with E-state index < -0.39 is 0 Å². The van der Waals surface area contributed by atoms with Crippen molar-refractivity contribution in [2.75, 3.05) is 0 Å². The van der Waals surface area contributed by atoms with Crippen LogP contribution < -0.4 is 5.32 Å². The third-order valence-corrected chi connectivity index (χ3v) is 2.11. The number of rotatable bonds is 2. The van der Waals surface area contributed by atoms with E-state index in [2.05, 4.69) is 19.2 Å². The van der Waals surface area contributed by atoms with Gasteiger partial charge < -0.3 is 5.32 Å². The maximum absolute atomic E-state index is 3.55. The van der Waals surface area contributed by atoms with Crippen molar-refractivity contribution in [1.82, 2.24) is 5.32 Å². The Labute approximate surface area is 57.8 Å². The van der Waals surface area contributed by atoms with Crippen LogP contribution in [0.3, 0.4) is 0 Å². The van der Waals surface area contributed by atoms with Gasteiger partial charge in [0.15, 0.2) is 0 Å². The molecule has 0 aromatic carbocycles. The lowest BCUT2D eigenvalue weighted by atomic mass is 10.1. The van der Waals surface area contributed by atoms with Gasteiger partial charge in [0.25, 0.3) is 0 Å². The van der Waals surface area contributed by atoms with Crippen molar-refractivity contribution in [3.63, 3.8) is 0 Å². The lowest BCUT2D eigenvalue weighted by Crippen LogP contribution is -2.26. The van der Waals surface area contributed by atoms with Gasteiger partial charge >= 0.3 is 0 Å². The average Bonchev–Trinajstić information content (AvgIpc) is 2.17. The standard InChI is InChI=1S/C8H17N/c1-3-4-8-6-5-7(2)9-8/h7-9H,3-6H2,1-2H3/t7-,8+/m0/s1. The van der Waals surface area contributed by atoms with E-state index in [0.29, 0.717) is 0 Å². The van der Waals surface area contributed by atoms with Gasteiger partial charge in [-0.15, -0.1) is 0 Å². The van der Waals surface area contributed by atoms with E-state index in [9.17, 15) is 0 Å². The maximum Gasteiger partial charge on any atom is 0.00700 e. The van der Waals surface area contributed by atoms with Crippen LogP contribution in [0.15, 0.2) is 0 Å². The fourth-order valence-corrected chi connectivity index (χ4v) is 1.60. The first-order chi connectivity index (χ1) is 4.33. The lowest BCUT2D eigenvalue weighted by Gasteiger charge is -2.08. The van der Waals surface area contributed by atoms with E-state index in [1.54, 1.807) is 0 Å². The Morgan fingerprint density at radius 3 is 2.67 bits per heavy atom. The molecule has 1 rings (SSSR count). The van der Waals surface area contributed by atoms with Crippen LogP contribution in [0.2, 0.25) is 0 Å². The van der Waals surface area contributed by atoms with Gasteiger partial charge in [-0.3, -0.25) is 0 Å². The summed E-state index contributed by atoms with van der Waals surface area (Å²) in [7, 11) is 0. The minimum absolute atomic E-state index is 0.779. The molecular weight excluding hydrogens is 110 g/mol. The molecule has 1 aliphatic heterocycles. The van der Waals surface area contributed by atoms with Crippen molar-refractivity contribution in [1.29, 1.82) is 0 Å². The van der Waals surface area contributed by atoms with E-state index in [-0.39, 0.29) is 0 Å². The molecule has 0 amide bonds. The van der Waals surface area contributed by atoms with E-state index in [1.807, 2.05) is 0 Å². The lowest BCUT2D eigenvalue weighted by molar-refractivity contribution is 0.521. The number of hydrogen-bond donors (Lipinski definition) is 1. The van der Waals surface area contributed by atoms with Crippen LogP contribution >= 0.6 is 0 Å². The number of hydrogen-bond acceptors (Lipinski definition) is 1. The predicted octanol–water partition coefficient (Wildman–Crippen LogP) is 1.93. The second-order valence-electron chi connectivity index (χ2n) is 3.13. The van der Waals surface area contributed by atoms with Gasteiger partial charge in [0.05, 0.1) is 0 Å². The van der Waals surface area contributed by atoms with Crippen LogP contribution in [0, 0.1) is 0 Å². The zero-order chi connectivity index (χ0) is 6.69. The molecule has 0 aromatic heterocycles. The molecule has 0 spiro atoms. The quantitative estimate of drug-likeness (QED) is 0.597. The monoisotopic (exact) mass is 127 g/mol. The highest BCUT2D eigenvalue weighted by Gasteiger charge is 2.18. The van der Waals surface area contributed by atoms with Crippen LogP contribution in [0.25, 0.3) is 0 Å². The Kier molecular flexibility index (Phi) is 2.52. The Morgan fingerprint density at radius 1 is 1.44 bits per heavy atom. The fourth-order valence-electron chi connectivity index (χ4n) is 1.60. The second kappa shape index (κ2) is 3.21. The molecule has 1 N–H and O–H groups in total. The third-order valence-electron chi connectivity index (χ3n) is 2.11. The molecule has 0 unspecified atom stereocenters. The smallest absolute Gasteiger partial charge is 0.00700 e. The first kappa shape index (κ1) is 7.07. The maximum atomic E-state index is 3.55. The highest BCUT2D eigenvalue weighted by Crippen LogP contribution is 2.14. The molecule has 1 heteroatoms. The first-order valence-electron chi connectivity index (χ1n) is 4.09. The van der Waals surface area contributed by atoms with Crippen molar-refractivity contribution in [3.05, 3.63) is 0 Å². The molecular formula is C8H17N. The van der Waals surface area contributed by atoms with Crippen molar-refractivity contribution in [3.8, 4) is 0 Å². The van der Waals surface area contributed by atoms with E-state index in [4.69, 9.17) is 0 Å². The van der Waals surface area contributed by atoms with Crippen LogP contribution in [-0.2, 0) is 0 Å². The normalized spacial score (nSPS) is 35.3. The molecule has 0 aromatic rings. The molecule has 54 valence electrons. The van der Waals surface area contributed by atoms with Gasteiger partial charge in [0.1, 0.15) is 0 Å². The molecule has 1 aliphatic rings. The summed E-state index contributed by atoms with van der Waals surface area (Å²) in [5.41, 5.74) is 0. The van der Waals surface area contributed by atoms with Crippen molar-refractivity contribution in [2.45, 2.75) is 51.6 Å². The zero-order valence-electron chi connectivity index (χ0n) is 6.48. The Morgan fingerprint density at radius 2 is 2.22 bits per heavy atom.